The molecule has 1 atom stereocenters. The van der Waals surface area contributed by atoms with Gasteiger partial charge in [0.2, 0.25) is 5.91 Å². The van der Waals surface area contributed by atoms with Gasteiger partial charge in [0.1, 0.15) is 6.61 Å². The second kappa shape index (κ2) is 10.3. The average molecular weight is 465 g/mol. The smallest absolute Gasteiger partial charge is 0.407 e. The van der Waals surface area contributed by atoms with Crippen LogP contribution >= 0.6 is 0 Å². The Morgan fingerprint density at radius 1 is 1.06 bits per heavy atom. The van der Waals surface area contributed by atoms with Gasteiger partial charge in [0.15, 0.2) is 0 Å². The van der Waals surface area contributed by atoms with Crippen molar-refractivity contribution in [1.82, 2.24) is 10.6 Å². The molecule has 34 heavy (non-hydrogen) atoms. The van der Waals surface area contributed by atoms with Crippen LogP contribution in [0.4, 0.5) is 4.79 Å². The maximum atomic E-state index is 12.5. The zero-order chi connectivity index (χ0) is 24.1. The highest BCUT2D eigenvalue weighted by molar-refractivity contribution is 5.79. The highest BCUT2D eigenvalue weighted by atomic mass is 16.5. The molecule has 7 heteroatoms. The van der Waals surface area contributed by atoms with Gasteiger partial charge < -0.3 is 20.5 Å². The molecule has 0 saturated heterocycles. The summed E-state index contributed by atoms with van der Waals surface area (Å²) in [6, 6.07) is 16.0. The zero-order valence-electron chi connectivity index (χ0n) is 19.5. The van der Waals surface area contributed by atoms with E-state index in [0.29, 0.717) is 13.0 Å². The highest BCUT2D eigenvalue weighted by Gasteiger charge is 2.39. The summed E-state index contributed by atoms with van der Waals surface area (Å²) in [6.45, 7) is 2.47. The minimum Gasteiger partial charge on any atom is -0.481 e. The second-order valence-corrected chi connectivity index (χ2v) is 9.48. The molecule has 1 saturated carbocycles. The number of rotatable bonds is 10. The van der Waals surface area contributed by atoms with Crippen LogP contribution in [0.1, 0.15) is 62.5 Å². The second-order valence-electron chi connectivity index (χ2n) is 9.48. The van der Waals surface area contributed by atoms with Crippen LogP contribution in [0.15, 0.2) is 48.5 Å². The lowest BCUT2D eigenvalue weighted by molar-refractivity contribution is -0.137. The minimum absolute atomic E-state index is 0.00167. The van der Waals surface area contributed by atoms with Crippen molar-refractivity contribution < 1.29 is 24.2 Å². The molecule has 0 unspecified atom stereocenters. The van der Waals surface area contributed by atoms with E-state index in [9.17, 15) is 14.4 Å². The van der Waals surface area contributed by atoms with E-state index in [0.717, 1.165) is 30.4 Å². The van der Waals surface area contributed by atoms with E-state index in [4.69, 9.17) is 9.84 Å². The number of alkyl carbamates (subject to hydrolysis) is 1. The number of carboxylic acids is 1. The molecule has 0 aromatic heterocycles. The van der Waals surface area contributed by atoms with Crippen LogP contribution in [0, 0.1) is 5.41 Å². The maximum absolute atomic E-state index is 12.5. The molecule has 0 spiro atoms. The van der Waals surface area contributed by atoms with Crippen molar-refractivity contribution in [3.8, 4) is 11.1 Å². The molecule has 7 nitrogen and oxygen atoms in total. The molecule has 0 bridgehead atoms. The third-order valence-corrected chi connectivity index (χ3v) is 7.18. The predicted molar refractivity (Wildman–Crippen MR) is 128 cm³/mol. The number of carbonyl (C=O) groups is 3. The summed E-state index contributed by atoms with van der Waals surface area (Å²) in [5.41, 5.74) is 4.39. The van der Waals surface area contributed by atoms with Crippen molar-refractivity contribution in [2.75, 3.05) is 13.2 Å². The monoisotopic (exact) mass is 464 g/mol. The average Bonchev–Trinajstić information content (AvgIpc) is 3.12. The normalized spacial score (nSPS) is 16.5. The Hall–Kier alpha value is -3.35. The van der Waals surface area contributed by atoms with Gasteiger partial charge in [-0.15, -0.1) is 0 Å². The molecule has 0 aliphatic heterocycles. The maximum Gasteiger partial charge on any atom is 0.407 e. The summed E-state index contributed by atoms with van der Waals surface area (Å²) >= 11 is 0. The first kappa shape index (κ1) is 23.8. The van der Waals surface area contributed by atoms with Crippen LogP contribution in [0.25, 0.3) is 11.1 Å². The number of aliphatic carboxylic acids is 1. The summed E-state index contributed by atoms with van der Waals surface area (Å²) in [6.07, 6.45) is 2.96. The summed E-state index contributed by atoms with van der Waals surface area (Å²) in [5.74, 6) is -1.09. The van der Waals surface area contributed by atoms with E-state index in [1.54, 1.807) is 0 Å². The number of fused-ring (bicyclic) bond motifs is 3. The lowest BCUT2D eigenvalue weighted by Gasteiger charge is -2.41. The number of hydrogen-bond donors (Lipinski definition) is 3. The quantitative estimate of drug-likeness (QED) is 0.482. The summed E-state index contributed by atoms with van der Waals surface area (Å²) < 4.78 is 5.62. The van der Waals surface area contributed by atoms with Crippen molar-refractivity contribution in [2.24, 2.45) is 5.41 Å². The Morgan fingerprint density at radius 3 is 2.21 bits per heavy atom. The Bertz CT molecular complexity index is 1020. The van der Waals surface area contributed by atoms with E-state index in [1.165, 1.54) is 11.1 Å². The van der Waals surface area contributed by atoms with Crippen molar-refractivity contribution in [3.05, 3.63) is 59.7 Å². The van der Waals surface area contributed by atoms with Crippen LogP contribution in [-0.4, -0.2) is 42.3 Å². The summed E-state index contributed by atoms with van der Waals surface area (Å²) in [5, 5.41) is 14.7. The first-order valence-corrected chi connectivity index (χ1v) is 12.0. The van der Waals surface area contributed by atoms with Gasteiger partial charge in [-0.05, 0) is 46.9 Å². The SMILES string of the molecule is CC[C@H](CC(=O)O)NC(=O)CC1(CNC(=O)OCC2c3ccccc3-c3ccccc32)CCC1. The highest BCUT2D eigenvalue weighted by Crippen LogP contribution is 2.45. The zero-order valence-corrected chi connectivity index (χ0v) is 19.5. The standard InChI is InChI=1S/C27H32N2O5/c1-2-18(14-25(31)32)29-24(30)15-27(12-7-13-27)17-28-26(33)34-16-23-21-10-5-3-8-19(21)20-9-4-6-11-22(20)23/h3-6,8-11,18,23H,2,7,12-17H2,1H3,(H,28,33)(H,29,30)(H,31,32)/t18-/m1/s1. The van der Waals surface area contributed by atoms with Gasteiger partial charge >= 0.3 is 12.1 Å². The van der Waals surface area contributed by atoms with Gasteiger partial charge in [0, 0.05) is 24.9 Å². The van der Waals surface area contributed by atoms with E-state index in [2.05, 4.69) is 34.9 Å². The number of hydrogen-bond acceptors (Lipinski definition) is 4. The number of carboxylic acid groups (broad SMARTS) is 1. The number of carbonyl (C=O) groups excluding carboxylic acids is 2. The number of amides is 2. The fraction of sp³-hybridized carbons (Fsp3) is 0.444. The van der Waals surface area contributed by atoms with Crippen molar-refractivity contribution in [2.45, 2.75) is 57.4 Å². The van der Waals surface area contributed by atoms with Gasteiger partial charge in [0.05, 0.1) is 6.42 Å². The van der Waals surface area contributed by atoms with Gasteiger partial charge in [0.25, 0.3) is 0 Å². The topological polar surface area (TPSA) is 105 Å². The van der Waals surface area contributed by atoms with Crippen LogP contribution in [0.3, 0.4) is 0 Å². The van der Waals surface area contributed by atoms with E-state index in [1.807, 2.05) is 31.2 Å². The fourth-order valence-electron chi connectivity index (χ4n) is 5.13. The number of nitrogens with one attached hydrogen (secondary N) is 2. The molecule has 2 aliphatic carbocycles. The van der Waals surface area contributed by atoms with Gasteiger partial charge in [-0.25, -0.2) is 4.79 Å². The Kier molecular flexibility index (Phi) is 7.20. The predicted octanol–water partition coefficient (Wildman–Crippen LogP) is 4.46. The first-order valence-electron chi connectivity index (χ1n) is 12.0. The molecule has 4 rings (SSSR count). The van der Waals surface area contributed by atoms with Gasteiger partial charge in [-0.2, -0.15) is 0 Å². The molecule has 0 radical (unpaired) electrons. The molecule has 180 valence electrons. The minimum atomic E-state index is -0.928. The Morgan fingerprint density at radius 2 is 1.68 bits per heavy atom. The van der Waals surface area contributed by atoms with Gasteiger partial charge in [-0.3, -0.25) is 9.59 Å². The molecule has 0 heterocycles. The summed E-state index contributed by atoms with van der Waals surface area (Å²) in [7, 11) is 0. The third kappa shape index (κ3) is 5.24. The van der Waals surface area contributed by atoms with E-state index in [-0.39, 0.29) is 42.7 Å². The van der Waals surface area contributed by atoms with Gasteiger partial charge in [-0.1, -0.05) is 61.9 Å². The molecule has 1 fully saturated rings. The third-order valence-electron chi connectivity index (χ3n) is 7.18. The lowest BCUT2D eigenvalue weighted by Crippen LogP contribution is -2.47. The first-order chi connectivity index (χ1) is 16.4. The Labute approximate surface area is 199 Å². The molecular formula is C27H32N2O5. The van der Waals surface area contributed by atoms with E-state index >= 15 is 0 Å². The molecule has 2 aromatic carbocycles. The van der Waals surface area contributed by atoms with Crippen molar-refractivity contribution >= 4 is 18.0 Å². The largest absolute Gasteiger partial charge is 0.481 e. The summed E-state index contributed by atoms with van der Waals surface area (Å²) in [4.78, 5) is 36.0. The molecule has 2 amide bonds. The fourth-order valence-corrected chi connectivity index (χ4v) is 5.13. The number of benzene rings is 2. The molecule has 3 N–H and O–H groups in total. The molecule has 2 aromatic rings. The Balaban J connectivity index is 1.30. The van der Waals surface area contributed by atoms with Crippen molar-refractivity contribution in [1.29, 1.82) is 0 Å². The lowest BCUT2D eigenvalue weighted by atomic mass is 9.66. The van der Waals surface area contributed by atoms with Crippen LogP contribution in [0.2, 0.25) is 0 Å². The van der Waals surface area contributed by atoms with Crippen molar-refractivity contribution in [3.63, 3.8) is 0 Å². The molecule has 2 aliphatic rings. The van der Waals surface area contributed by atoms with Crippen LogP contribution in [0.5, 0.6) is 0 Å². The van der Waals surface area contributed by atoms with E-state index < -0.39 is 12.1 Å². The molecular weight excluding hydrogens is 432 g/mol. The van der Waals surface area contributed by atoms with Crippen LogP contribution in [-0.2, 0) is 14.3 Å². The van der Waals surface area contributed by atoms with Crippen LogP contribution < -0.4 is 10.6 Å². The number of ether oxygens (including phenoxy) is 1.